The molecule has 1 aromatic carbocycles. The average molecular weight is 465 g/mol. The topological polar surface area (TPSA) is 77.5 Å². The summed E-state index contributed by atoms with van der Waals surface area (Å²) in [5, 5.41) is 0. The molecule has 1 saturated heterocycles. The van der Waals surface area contributed by atoms with Crippen LogP contribution in [0.2, 0.25) is 0 Å². The van der Waals surface area contributed by atoms with Gasteiger partial charge in [0.15, 0.2) is 11.6 Å². The summed E-state index contributed by atoms with van der Waals surface area (Å²) < 4.78 is 13.7. The molecule has 0 spiro atoms. The third kappa shape index (κ3) is 5.87. The Morgan fingerprint density at radius 2 is 1.94 bits per heavy atom. The summed E-state index contributed by atoms with van der Waals surface area (Å²) in [4.78, 5) is 31.7. The van der Waals surface area contributed by atoms with E-state index in [-0.39, 0.29) is 17.6 Å². The molecule has 1 N–H and O–H groups in total. The smallest absolute Gasteiger partial charge is 0.229 e. The van der Waals surface area contributed by atoms with E-state index in [1.807, 2.05) is 55.0 Å². The SMILES string of the molecule is CC.CC=Nc1ccccc1C.O=C(C1CN(c2ncccc2F)C1)N1CCc2nc[nH]c2C1. The van der Waals surface area contributed by atoms with Crippen LogP contribution in [-0.2, 0) is 17.8 Å². The lowest BCUT2D eigenvalue weighted by molar-refractivity contribution is -0.137. The van der Waals surface area contributed by atoms with Gasteiger partial charge in [-0.1, -0.05) is 32.0 Å². The van der Waals surface area contributed by atoms with Crippen LogP contribution in [0.3, 0.4) is 0 Å². The van der Waals surface area contributed by atoms with Gasteiger partial charge in [0.2, 0.25) is 5.91 Å². The Morgan fingerprint density at radius 3 is 2.65 bits per heavy atom. The van der Waals surface area contributed by atoms with Crippen LogP contribution >= 0.6 is 0 Å². The van der Waals surface area contributed by atoms with Crippen LogP contribution in [0, 0.1) is 18.7 Å². The number of anilines is 1. The maximum Gasteiger partial charge on any atom is 0.229 e. The summed E-state index contributed by atoms with van der Waals surface area (Å²) in [6.45, 7) is 10.3. The number of para-hydroxylation sites is 1. The molecule has 0 unspecified atom stereocenters. The van der Waals surface area contributed by atoms with Crippen molar-refractivity contribution in [1.82, 2.24) is 19.9 Å². The molecule has 2 aliphatic heterocycles. The molecule has 0 aliphatic carbocycles. The first-order chi connectivity index (χ1) is 16.6. The van der Waals surface area contributed by atoms with Gasteiger partial charge >= 0.3 is 0 Å². The Kier molecular flexibility index (Phi) is 8.90. The minimum absolute atomic E-state index is 0.0779. The number of H-pyrrole nitrogens is 1. The van der Waals surface area contributed by atoms with Gasteiger partial charge in [0.25, 0.3) is 0 Å². The monoisotopic (exact) mass is 464 g/mol. The summed E-state index contributed by atoms with van der Waals surface area (Å²) >= 11 is 0. The molecule has 1 amide bonds. The lowest BCUT2D eigenvalue weighted by Gasteiger charge is -2.41. The standard InChI is InChI=1S/C15H16FN5O.C9H11N.C2H6/c16-11-2-1-4-17-14(11)21-6-10(7-21)15(22)20-5-3-12-13(8-20)19-9-18-12;1-3-10-9-7-5-4-6-8(9)2;1-2/h1-2,4,9-10H,3,5-8H2,(H,18,19);3-7H,1-2H3;1-2H3. The van der Waals surface area contributed by atoms with Crippen molar-refractivity contribution < 1.29 is 9.18 Å². The van der Waals surface area contributed by atoms with Crippen molar-refractivity contribution in [2.45, 2.75) is 40.7 Å². The number of fused-ring (bicyclic) bond motifs is 1. The molecule has 180 valence electrons. The Balaban J connectivity index is 0.000000228. The van der Waals surface area contributed by atoms with Crippen LogP contribution in [0.5, 0.6) is 0 Å². The fourth-order valence-corrected chi connectivity index (χ4v) is 3.92. The van der Waals surface area contributed by atoms with Crippen molar-refractivity contribution in [2.75, 3.05) is 24.5 Å². The quantitative estimate of drug-likeness (QED) is 0.570. The molecule has 2 aliphatic rings. The number of carbonyl (C=O) groups is 1. The highest BCUT2D eigenvalue weighted by molar-refractivity contribution is 5.82. The molecule has 0 atom stereocenters. The predicted octanol–water partition coefficient (Wildman–Crippen LogP) is 4.71. The largest absolute Gasteiger partial charge is 0.352 e. The van der Waals surface area contributed by atoms with Crippen LogP contribution < -0.4 is 4.90 Å². The van der Waals surface area contributed by atoms with E-state index in [0.29, 0.717) is 32.0 Å². The molecular formula is C26H33FN6O. The van der Waals surface area contributed by atoms with Gasteiger partial charge in [-0.15, -0.1) is 0 Å². The highest BCUT2D eigenvalue weighted by Gasteiger charge is 2.38. The van der Waals surface area contributed by atoms with E-state index < -0.39 is 0 Å². The third-order valence-corrected chi connectivity index (χ3v) is 5.74. The number of aromatic nitrogens is 3. The molecular weight excluding hydrogens is 431 g/mol. The Hall–Kier alpha value is -3.55. The van der Waals surface area contributed by atoms with Crippen molar-refractivity contribution >= 4 is 23.6 Å². The van der Waals surface area contributed by atoms with Crippen LogP contribution in [0.4, 0.5) is 15.9 Å². The molecule has 3 aromatic rings. The first-order valence-electron chi connectivity index (χ1n) is 11.8. The molecule has 1 fully saturated rings. The van der Waals surface area contributed by atoms with Gasteiger partial charge in [0.1, 0.15) is 0 Å². The number of nitrogens with zero attached hydrogens (tertiary/aromatic N) is 5. The first-order valence-corrected chi connectivity index (χ1v) is 11.8. The Bertz CT molecular complexity index is 1110. The average Bonchev–Trinajstić information content (AvgIpc) is 3.31. The van der Waals surface area contributed by atoms with Crippen molar-refractivity contribution in [3.8, 4) is 0 Å². The maximum atomic E-state index is 13.7. The van der Waals surface area contributed by atoms with Crippen LogP contribution in [0.1, 0.15) is 37.7 Å². The lowest BCUT2D eigenvalue weighted by atomic mass is 9.97. The summed E-state index contributed by atoms with van der Waals surface area (Å²) in [7, 11) is 0. The summed E-state index contributed by atoms with van der Waals surface area (Å²) in [5.41, 5.74) is 4.35. The van der Waals surface area contributed by atoms with Crippen molar-refractivity contribution in [3.63, 3.8) is 0 Å². The number of amides is 1. The van der Waals surface area contributed by atoms with Crippen molar-refractivity contribution in [2.24, 2.45) is 10.9 Å². The number of imidazole rings is 1. The number of aromatic amines is 1. The lowest BCUT2D eigenvalue weighted by Crippen LogP contribution is -2.55. The second-order valence-electron chi connectivity index (χ2n) is 7.92. The fourth-order valence-electron chi connectivity index (χ4n) is 3.92. The number of hydrogen-bond acceptors (Lipinski definition) is 5. The van der Waals surface area contributed by atoms with Crippen LogP contribution in [0.25, 0.3) is 0 Å². The van der Waals surface area contributed by atoms with E-state index in [2.05, 4.69) is 32.9 Å². The van der Waals surface area contributed by atoms with E-state index in [4.69, 9.17) is 0 Å². The Labute approximate surface area is 200 Å². The van der Waals surface area contributed by atoms with E-state index in [1.165, 1.54) is 11.6 Å². The molecule has 5 rings (SSSR count). The first kappa shape index (κ1) is 25.1. The number of pyridine rings is 1. The van der Waals surface area contributed by atoms with E-state index in [1.54, 1.807) is 18.6 Å². The molecule has 0 saturated carbocycles. The summed E-state index contributed by atoms with van der Waals surface area (Å²) in [5.74, 6) is 0.0493. The van der Waals surface area contributed by atoms with E-state index in [9.17, 15) is 9.18 Å². The van der Waals surface area contributed by atoms with Gasteiger partial charge < -0.3 is 14.8 Å². The molecule has 0 radical (unpaired) electrons. The predicted molar refractivity (Wildman–Crippen MR) is 134 cm³/mol. The Morgan fingerprint density at radius 1 is 1.18 bits per heavy atom. The van der Waals surface area contributed by atoms with E-state index >= 15 is 0 Å². The normalized spacial score (nSPS) is 15.0. The number of aryl methyl sites for hydroxylation is 1. The van der Waals surface area contributed by atoms with E-state index in [0.717, 1.165) is 23.5 Å². The number of benzene rings is 1. The summed E-state index contributed by atoms with van der Waals surface area (Å²) in [6, 6.07) is 11.0. The number of aliphatic imine (C=N–C) groups is 1. The minimum atomic E-state index is -0.339. The van der Waals surface area contributed by atoms with Gasteiger partial charge in [-0.3, -0.25) is 9.79 Å². The van der Waals surface area contributed by atoms with Gasteiger partial charge in [-0.2, -0.15) is 0 Å². The zero-order valence-corrected chi connectivity index (χ0v) is 20.3. The molecule has 2 aromatic heterocycles. The number of halogens is 1. The second-order valence-corrected chi connectivity index (χ2v) is 7.92. The van der Waals surface area contributed by atoms with Gasteiger partial charge in [-0.25, -0.2) is 14.4 Å². The van der Waals surface area contributed by atoms with Gasteiger partial charge in [0.05, 0.1) is 35.9 Å². The van der Waals surface area contributed by atoms with Gasteiger partial charge in [0, 0.05) is 38.5 Å². The zero-order chi connectivity index (χ0) is 24.5. The number of rotatable bonds is 3. The highest BCUT2D eigenvalue weighted by Crippen LogP contribution is 2.27. The number of nitrogens with one attached hydrogen (secondary N) is 1. The van der Waals surface area contributed by atoms with Crippen LogP contribution in [-0.4, -0.2) is 51.6 Å². The maximum absolute atomic E-state index is 13.7. The minimum Gasteiger partial charge on any atom is -0.352 e. The number of hydrogen-bond donors (Lipinski definition) is 1. The molecule has 34 heavy (non-hydrogen) atoms. The molecule has 7 nitrogen and oxygen atoms in total. The molecule has 4 heterocycles. The molecule has 0 bridgehead atoms. The summed E-state index contributed by atoms with van der Waals surface area (Å²) in [6.07, 6.45) is 5.84. The number of carbonyl (C=O) groups excluding carboxylic acids is 1. The van der Waals surface area contributed by atoms with Gasteiger partial charge in [-0.05, 0) is 37.6 Å². The van der Waals surface area contributed by atoms with Crippen molar-refractivity contribution in [3.05, 3.63) is 71.7 Å². The highest BCUT2D eigenvalue weighted by atomic mass is 19.1. The third-order valence-electron chi connectivity index (χ3n) is 5.74. The fraction of sp³-hybridized carbons (Fsp3) is 0.385. The zero-order valence-electron chi connectivity index (χ0n) is 20.3. The van der Waals surface area contributed by atoms with Crippen LogP contribution in [0.15, 0.2) is 53.9 Å². The van der Waals surface area contributed by atoms with Crippen molar-refractivity contribution in [1.29, 1.82) is 0 Å². The molecule has 8 heteroatoms. The second kappa shape index (κ2) is 12.1.